The van der Waals surface area contributed by atoms with Gasteiger partial charge in [-0.1, -0.05) is 0 Å². The molecule has 0 aromatic heterocycles. The Morgan fingerprint density at radius 2 is 1.56 bits per heavy atom. The van der Waals surface area contributed by atoms with Crippen LogP contribution in [-0.4, -0.2) is 20.8 Å². The normalized spacial score (nSPS) is 17.2. The number of rotatable bonds is 6. The average molecular weight is 295 g/mol. The molecule has 1 aliphatic rings. The van der Waals surface area contributed by atoms with Crippen LogP contribution in [0.1, 0.15) is 27.2 Å². The third-order valence-electron chi connectivity index (χ3n) is 2.62. The molecule has 0 N–H and O–H groups in total. The van der Waals surface area contributed by atoms with E-state index in [1.54, 1.807) is 14.2 Å². The molecule has 0 amide bonds. The van der Waals surface area contributed by atoms with E-state index in [2.05, 4.69) is 45.1 Å². The second kappa shape index (κ2) is 7.54. The summed E-state index contributed by atoms with van der Waals surface area (Å²) in [5, 5.41) is 0. The molecular weight excluding hydrogens is 272 g/mol. The molecular formula is C13H23NeO3Ti-2. The molecule has 3 nitrogen and oxygen atoms in total. The zero-order valence-corrected chi connectivity index (χ0v) is 13.4. The summed E-state index contributed by atoms with van der Waals surface area (Å²) in [6.07, 6.45) is 9.69. The third-order valence-corrected chi connectivity index (χ3v) is 4.25. The minimum absolute atomic E-state index is 0. The summed E-state index contributed by atoms with van der Waals surface area (Å²) < 4.78 is 16.2. The van der Waals surface area contributed by atoms with Crippen molar-refractivity contribution in [2.24, 2.45) is 10.8 Å². The van der Waals surface area contributed by atoms with E-state index in [4.69, 9.17) is 9.96 Å². The molecule has 0 fully saturated rings. The van der Waals surface area contributed by atoms with Gasteiger partial charge >= 0.3 is 112 Å². The Morgan fingerprint density at radius 1 is 1.06 bits per heavy atom. The Labute approximate surface area is 118 Å². The summed E-state index contributed by atoms with van der Waals surface area (Å²) in [5.74, 6) is 0. The van der Waals surface area contributed by atoms with Crippen molar-refractivity contribution in [2.45, 2.75) is 27.2 Å². The van der Waals surface area contributed by atoms with E-state index >= 15 is 0 Å². The summed E-state index contributed by atoms with van der Waals surface area (Å²) in [7, 11) is 3.30. The molecule has 0 saturated carbocycles. The quantitative estimate of drug-likeness (QED) is 0.704. The Balaban J connectivity index is 0.00000289. The fraction of sp³-hybridized carbons (Fsp3) is 0.692. The fourth-order valence-corrected chi connectivity index (χ4v) is 3.43. The molecule has 5 heteroatoms. The molecule has 107 valence electrons. The largest absolute Gasteiger partial charge is 0 e. The second-order valence-corrected chi connectivity index (χ2v) is 8.14. The monoisotopic (exact) mass is 295 g/mol. The van der Waals surface area contributed by atoms with Crippen LogP contribution in [0.25, 0.3) is 0 Å². The third kappa shape index (κ3) is 5.75. The molecule has 0 aromatic carbocycles. The average Bonchev–Trinajstić information content (AvgIpc) is 2.66. The molecule has 0 heterocycles. The second-order valence-electron chi connectivity index (χ2n) is 5.64. The maximum Gasteiger partial charge on any atom is 0 e. The molecule has 0 aliphatic heterocycles. The van der Waals surface area contributed by atoms with Gasteiger partial charge in [-0.25, -0.2) is 0 Å². The molecule has 0 spiro atoms. The maximum atomic E-state index is 5.79. The minimum atomic E-state index is -2.20. The van der Waals surface area contributed by atoms with Crippen LogP contribution in [0.15, 0.2) is 24.3 Å². The Hall–Kier alpha value is -0.0166. The standard InChI is InChI=1S/C11H17O.2CH3O.Ne.Ti/c1-10(2,3)8-11(9-12)6-4-5-7-11;2*1-2;;/h4-7H,8-9H2,1-3H3;2*1H3;;/q3*-1;;+1. The topological polar surface area (TPSA) is 27.7 Å². The van der Waals surface area contributed by atoms with Gasteiger partial charge in [0.25, 0.3) is 0 Å². The summed E-state index contributed by atoms with van der Waals surface area (Å²) in [5.41, 5.74) is 0.274. The van der Waals surface area contributed by atoms with Crippen LogP contribution in [0, 0.1) is 17.0 Å². The first kappa shape index (κ1) is 18.0. The van der Waals surface area contributed by atoms with Crippen molar-refractivity contribution in [3.05, 3.63) is 24.3 Å². The molecule has 1 aliphatic carbocycles. The summed E-state index contributed by atoms with van der Waals surface area (Å²) in [4.78, 5) is 0. The molecule has 18 heavy (non-hydrogen) atoms. The van der Waals surface area contributed by atoms with E-state index in [0.29, 0.717) is 6.61 Å². The first-order chi connectivity index (χ1) is 7.91. The van der Waals surface area contributed by atoms with E-state index in [1.807, 2.05) is 0 Å². The van der Waals surface area contributed by atoms with E-state index in [9.17, 15) is 0 Å². The molecule has 0 atom stereocenters. The molecule has 0 aromatic rings. The van der Waals surface area contributed by atoms with Crippen molar-refractivity contribution >= 4 is 0 Å². The van der Waals surface area contributed by atoms with Gasteiger partial charge in [0.2, 0.25) is 0 Å². The maximum absolute atomic E-state index is 5.79. The van der Waals surface area contributed by atoms with Crippen LogP contribution in [0.3, 0.4) is 0 Å². The van der Waals surface area contributed by atoms with Crippen molar-refractivity contribution < 1.29 is 35.1 Å². The van der Waals surface area contributed by atoms with Crippen molar-refractivity contribution in [3.63, 3.8) is 0 Å². The van der Waals surface area contributed by atoms with Gasteiger partial charge in [-0.2, -0.15) is 0 Å². The van der Waals surface area contributed by atoms with E-state index in [1.165, 1.54) is 0 Å². The van der Waals surface area contributed by atoms with Gasteiger partial charge < -0.3 is 0 Å². The van der Waals surface area contributed by atoms with Gasteiger partial charge in [0, 0.05) is 6.15 Å². The number of allylic oxidation sites excluding steroid dienone is 2. The van der Waals surface area contributed by atoms with E-state index in [-0.39, 0.29) is 17.0 Å². The molecule has 0 saturated heterocycles. The van der Waals surface area contributed by atoms with Gasteiger partial charge in [0.1, 0.15) is 0 Å². The Kier molecular flexibility index (Phi) is 7.54. The smallest absolute Gasteiger partial charge is 0 e. The Morgan fingerprint density at radius 3 is 1.94 bits per heavy atom. The van der Waals surface area contributed by atoms with Gasteiger partial charge in [-0.05, 0) is 0 Å². The first-order valence-corrected chi connectivity index (χ1v) is 7.77. The van der Waals surface area contributed by atoms with Crippen molar-refractivity contribution in [1.82, 2.24) is 0 Å². The van der Waals surface area contributed by atoms with Crippen LogP contribution in [0.5, 0.6) is 0 Å². The van der Waals surface area contributed by atoms with Crippen molar-refractivity contribution in [3.8, 4) is 0 Å². The molecule has 0 bridgehead atoms. The van der Waals surface area contributed by atoms with Gasteiger partial charge in [0.05, 0.1) is 0 Å². The van der Waals surface area contributed by atoms with Crippen LogP contribution < -0.4 is 0 Å². The van der Waals surface area contributed by atoms with Gasteiger partial charge in [-0.3, -0.25) is 0 Å². The van der Waals surface area contributed by atoms with Gasteiger partial charge in [0.15, 0.2) is 0 Å². The zero-order chi connectivity index (χ0) is 12.9. The van der Waals surface area contributed by atoms with Gasteiger partial charge in [-0.15, -0.1) is 0 Å². The minimum Gasteiger partial charge on any atom is 0 e. The van der Waals surface area contributed by atoms with E-state index in [0.717, 1.165) is 6.42 Å². The molecule has 0 unspecified atom stereocenters. The first-order valence-electron chi connectivity index (χ1n) is 5.86. The Bertz CT molecular complexity index is 281. The number of hydrogen-bond acceptors (Lipinski definition) is 3. The van der Waals surface area contributed by atoms with E-state index < -0.39 is 19.0 Å². The van der Waals surface area contributed by atoms with Crippen LogP contribution >= 0.6 is 0 Å². The van der Waals surface area contributed by atoms with Crippen LogP contribution in [0.2, 0.25) is 0 Å². The number of hydrogen-bond donors (Lipinski definition) is 0. The predicted octanol–water partition coefficient (Wildman–Crippen LogP) is 3.21. The molecule has 0 radical (unpaired) electrons. The summed E-state index contributed by atoms with van der Waals surface area (Å²) in [6, 6.07) is 0. The van der Waals surface area contributed by atoms with Crippen LogP contribution in [-0.2, 0) is 29.0 Å². The van der Waals surface area contributed by atoms with Crippen molar-refractivity contribution in [1.29, 1.82) is 0 Å². The van der Waals surface area contributed by atoms with Crippen LogP contribution in [0.4, 0.5) is 0 Å². The summed E-state index contributed by atoms with van der Waals surface area (Å²) >= 11 is -2.20. The fourth-order valence-electron chi connectivity index (χ4n) is 2.20. The zero-order valence-electron chi connectivity index (χ0n) is 11.8. The van der Waals surface area contributed by atoms with Crippen molar-refractivity contribution in [2.75, 3.05) is 20.8 Å². The molecule has 1 rings (SSSR count). The SMILES string of the molecule is C[O][Ti-2]([O]C)[O]CC1(CC(C)(C)C)C=CC=C1.[Ne]. The summed E-state index contributed by atoms with van der Waals surface area (Å²) in [6.45, 7) is 7.39. The predicted molar refractivity (Wildman–Crippen MR) is 64.8 cm³/mol.